The number of sulfonamides is 1. The van der Waals surface area contributed by atoms with Crippen LogP contribution in [0.25, 0.3) is 0 Å². The summed E-state index contributed by atoms with van der Waals surface area (Å²) in [6.07, 6.45) is 4.17. The van der Waals surface area contributed by atoms with Gasteiger partial charge in [-0.15, -0.1) is 0 Å². The fourth-order valence-electron chi connectivity index (χ4n) is 5.55. The highest BCUT2D eigenvalue weighted by molar-refractivity contribution is 7.88. The lowest BCUT2D eigenvalue weighted by Gasteiger charge is -2.41. The van der Waals surface area contributed by atoms with Gasteiger partial charge in [-0.05, 0) is 78.6 Å². The second kappa shape index (κ2) is 18.7. The summed E-state index contributed by atoms with van der Waals surface area (Å²) in [6, 6.07) is 21.5. The van der Waals surface area contributed by atoms with E-state index < -0.39 is 34.8 Å². The van der Waals surface area contributed by atoms with E-state index in [2.05, 4.69) is 4.72 Å². The van der Waals surface area contributed by atoms with Crippen LogP contribution in [0.4, 0.5) is 10.1 Å². The molecule has 0 radical (unpaired) electrons. The Labute approximate surface area is 293 Å². The predicted octanol–water partition coefficient (Wildman–Crippen LogP) is 4.71. The minimum Gasteiger partial charge on any atom is -0.458 e. The van der Waals surface area contributed by atoms with Crippen molar-refractivity contribution in [2.45, 2.75) is 77.0 Å². The van der Waals surface area contributed by atoms with E-state index in [4.69, 9.17) is 9.47 Å². The first-order valence-corrected chi connectivity index (χ1v) is 18.4. The van der Waals surface area contributed by atoms with E-state index in [0.29, 0.717) is 32.2 Å². The summed E-state index contributed by atoms with van der Waals surface area (Å²) in [5, 5.41) is 19.2. The van der Waals surface area contributed by atoms with Gasteiger partial charge in [0.1, 0.15) is 11.9 Å². The first-order chi connectivity index (χ1) is 23.7. The number of carbonyl (C=O) groups is 3. The van der Waals surface area contributed by atoms with Crippen LogP contribution in [0.1, 0.15) is 80.9 Å². The molecule has 0 spiro atoms. The summed E-state index contributed by atoms with van der Waals surface area (Å²) in [5.74, 6) is -1.11. The molecule has 13 heteroatoms. The normalized spacial score (nSPS) is 15.0. The van der Waals surface area contributed by atoms with E-state index in [1.54, 1.807) is 17.0 Å². The third-order valence-electron chi connectivity index (χ3n) is 8.26. The van der Waals surface area contributed by atoms with Gasteiger partial charge in [0.05, 0.1) is 31.9 Å². The maximum absolute atomic E-state index is 12.6. The third-order valence-corrected chi connectivity index (χ3v) is 8.99. The van der Waals surface area contributed by atoms with Crippen LogP contribution in [0.15, 0.2) is 72.8 Å². The third kappa shape index (κ3) is 12.3. The Hall–Kier alpha value is -4.17. The Bertz CT molecular complexity index is 1660. The number of aliphatic hydroxyl groups excluding tert-OH is 2. The maximum Gasteiger partial charge on any atom is 0.303 e. The number of hydrogen-bond donors (Lipinski definition) is 3. The van der Waals surface area contributed by atoms with Crippen LogP contribution in [0.5, 0.6) is 0 Å². The van der Waals surface area contributed by atoms with Crippen LogP contribution in [-0.2, 0) is 46.7 Å². The average Bonchev–Trinajstić information content (AvgIpc) is 3.07. The highest BCUT2D eigenvalue weighted by atomic mass is 32.2. The number of halogens is 1. The number of rotatable bonds is 16. The molecule has 1 unspecified atom stereocenters. The first-order valence-electron chi connectivity index (χ1n) is 16.5. The number of ether oxygens (including phenoxy) is 2. The Morgan fingerprint density at radius 3 is 2.02 bits per heavy atom. The summed E-state index contributed by atoms with van der Waals surface area (Å²) >= 11 is 0. The second-order valence-electron chi connectivity index (χ2n) is 12.3. The number of nitrogens with zero attached hydrogens (tertiary/aromatic N) is 1. The van der Waals surface area contributed by atoms with Crippen molar-refractivity contribution in [2.75, 3.05) is 30.9 Å². The maximum atomic E-state index is 12.6. The lowest BCUT2D eigenvalue weighted by molar-refractivity contribution is -0.168. The molecule has 1 fully saturated rings. The molecule has 3 aromatic rings. The summed E-state index contributed by atoms with van der Waals surface area (Å²) in [4.78, 5) is 36.3. The molecule has 1 aliphatic rings. The van der Waals surface area contributed by atoms with E-state index in [0.717, 1.165) is 40.6 Å². The van der Waals surface area contributed by atoms with Gasteiger partial charge in [-0.2, -0.15) is 0 Å². The largest absolute Gasteiger partial charge is 0.458 e. The van der Waals surface area contributed by atoms with Gasteiger partial charge in [-0.25, -0.2) is 17.5 Å². The Kier molecular flexibility index (Phi) is 15.1. The highest BCUT2D eigenvalue weighted by Gasteiger charge is 2.38. The quantitative estimate of drug-likeness (QED) is 0.109. The molecule has 0 saturated carbocycles. The molecule has 0 bridgehead atoms. The summed E-state index contributed by atoms with van der Waals surface area (Å²) in [7, 11) is -3.18. The van der Waals surface area contributed by atoms with Crippen LogP contribution in [0.2, 0.25) is 0 Å². The van der Waals surface area contributed by atoms with Gasteiger partial charge >= 0.3 is 11.9 Å². The van der Waals surface area contributed by atoms with Crippen molar-refractivity contribution in [1.82, 2.24) is 4.72 Å². The van der Waals surface area contributed by atoms with Crippen molar-refractivity contribution in [3.05, 3.63) is 101 Å². The Balaban J connectivity index is 0.000000403. The molecule has 1 heterocycles. The van der Waals surface area contributed by atoms with Gasteiger partial charge in [-0.1, -0.05) is 55.5 Å². The summed E-state index contributed by atoms with van der Waals surface area (Å²) in [6.45, 7) is 3.98. The zero-order chi connectivity index (χ0) is 36.9. The molecule has 0 aliphatic carbocycles. The molecule has 4 rings (SSSR count). The van der Waals surface area contributed by atoms with Gasteiger partial charge in [0, 0.05) is 26.1 Å². The molecule has 11 nitrogen and oxygen atoms in total. The minimum atomic E-state index is -3.18. The molecule has 1 amide bonds. The smallest absolute Gasteiger partial charge is 0.303 e. The number of nitrogens with one attached hydrogen (secondary N) is 1. The number of esters is 2. The second-order valence-corrected chi connectivity index (χ2v) is 14.1. The Morgan fingerprint density at radius 1 is 0.940 bits per heavy atom. The van der Waals surface area contributed by atoms with Crippen molar-refractivity contribution in [1.29, 1.82) is 0 Å². The first kappa shape index (κ1) is 40.3. The van der Waals surface area contributed by atoms with Crippen molar-refractivity contribution in [3.63, 3.8) is 0 Å². The average molecular weight is 715 g/mol. The number of carbonyl (C=O) groups excluding carboxylic acids is 3. The lowest BCUT2D eigenvalue weighted by Crippen LogP contribution is -2.46. The van der Waals surface area contributed by atoms with Gasteiger partial charge < -0.3 is 24.6 Å². The Morgan fingerprint density at radius 2 is 1.52 bits per heavy atom. The molecule has 2 atom stereocenters. The number of amides is 1. The summed E-state index contributed by atoms with van der Waals surface area (Å²) in [5.41, 5.74) is 3.37. The van der Waals surface area contributed by atoms with E-state index >= 15 is 0 Å². The molecular formula is C37H47FN2O9S. The molecule has 3 N–H and O–H groups in total. The standard InChI is InChI=1S/C26H34N2O7S.C11H13FO2/c1-19(31)35-26(17-29,18-30)14-13-21-5-9-22(10-6-21)24-16-25(32)28(24)23-11-7-20(8-12-23)4-3-15-27-36(2,33)34;1-3-11(14-8(2)13)9-4-6-10(12)7-5-9/h5-12,24,27,29-30H,3-4,13-18H2,1-2H3;4-7,11H,3H2,1-2H3/t;11-/m.0/s1. The number of aryl methyl sites for hydroxylation is 2. The van der Waals surface area contributed by atoms with E-state index in [1.165, 1.54) is 26.0 Å². The number of hydrogen-bond acceptors (Lipinski definition) is 9. The van der Waals surface area contributed by atoms with E-state index in [9.17, 15) is 37.4 Å². The molecule has 0 aromatic heterocycles. The highest BCUT2D eigenvalue weighted by Crippen LogP contribution is 2.39. The fraction of sp³-hybridized carbons (Fsp3) is 0.432. The van der Waals surface area contributed by atoms with Crippen LogP contribution >= 0.6 is 0 Å². The van der Waals surface area contributed by atoms with Crippen LogP contribution in [0, 0.1) is 5.82 Å². The van der Waals surface area contributed by atoms with Crippen molar-refractivity contribution < 1.29 is 46.9 Å². The zero-order valence-electron chi connectivity index (χ0n) is 28.9. The molecule has 1 saturated heterocycles. The summed E-state index contributed by atoms with van der Waals surface area (Å²) < 4.78 is 47.6. The number of benzene rings is 3. The topological polar surface area (TPSA) is 160 Å². The number of aliphatic hydroxyl groups is 2. The number of anilines is 1. The molecule has 272 valence electrons. The fourth-order valence-corrected chi connectivity index (χ4v) is 6.07. The van der Waals surface area contributed by atoms with Crippen molar-refractivity contribution in [2.24, 2.45) is 0 Å². The monoisotopic (exact) mass is 714 g/mol. The van der Waals surface area contributed by atoms with Gasteiger partial charge in [0.25, 0.3) is 0 Å². The molecule has 50 heavy (non-hydrogen) atoms. The van der Waals surface area contributed by atoms with Crippen LogP contribution in [-0.4, -0.2) is 68.1 Å². The van der Waals surface area contributed by atoms with Crippen LogP contribution in [0.3, 0.4) is 0 Å². The zero-order valence-corrected chi connectivity index (χ0v) is 29.7. The molecule has 3 aromatic carbocycles. The van der Waals surface area contributed by atoms with Gasteiger partial charge in [-0.3, -0.25) is 14.4 Å². The minimum absolute atomic E-state index is 0.0474. The predicted molar refractivity (Wildman–Crippen MR) is 187 cm³/mol. The van der Waals surface area contributed by atoms with Crippen molar-refractivity contribution >= 4 is 33.6 Å². The van der Waals surface area contributed by atoms with Gasteiger partial charge in [0.15, 0.2) is 5.60 Å². The number of β-lactam (4-membered cyclic amide) rings is 1. The molecular weight excluding hydrogens is 667 g/mol. The SMILES string of the molecule is CC(=O)OC(CO)(CO)CCc1ccc(C2CC(=O)N2c2ccc(CCCNS(C)(=O)=O)cc2)cc1.CC[C@H](OC(C)=O)c1ccc(F)cc1. The van der Waals surface area contributed by atoms with E-state index in [1.807, 2.05) is 55.5 Å². The lowest BCUT2D eigenvalue weighted by atomic mass is 9.90. The van der Waals surface area contributed by atoms with Crippen LogP contribution < -0.4 is 9.62 Å². The van der Waals surface area contributed by atoms with E-state index in [-0.39, 0.29) is 36.3 Å². The molecule has 1 aliphatic heterocycles. The van der Waals surface area contributed by atoms with Gasteiger partial charge in [0.2, 0.25) is 15.9 Å². The van der Waals surface area contributed by atoms with Crippen molar-refractivity contribution in [3.8, 4) is 0 Å².